The molecular formula is C29H30F3N5O6. The number of ether oxygens (including phenoxy) is 3. The maximum Gasteiger partial charge on any atom is 0.491 e. The van der Waals surface area contributed by atoms with Crippen molar-refractivity contribution in [3.05, 3.63) is 83.4 Å². The van der Waals surface area contributed by atoms with Crippen LogP contribution in [0.2, 0.25) is 0 Å². The molecule has 0 aliphatic carbocycles. The number of nitrogens with one attached hydrogen (secondary N) is 4. The van der Waals surface area contributed by atoms with Gasteiger partial charge in [0.1, 0.15) is 17.6 Å². The Morgan fingerprint density at radius 2 is 1.63 bits per heavy atom. The molecule has 0 aliphatic heterocycles. The zero-order chi connectivity index (χ0) is 31.7. The average molecular weight is 602 g/mol. The third-order valence-corrected chi connectivity index (χ3v) is 5.57. The summed E-state index contributed by atoms with van der Waals surface area (Å²) in [5, 5.41) is 10.6. The Morgan fingerprint density at radius 3 is 2.23 bits per heavy atom. The molecule has 3 rings (SSSR count). The molecule has 0 saturated carbocycles. The summed E-state index contributed by atoms with van der Waals surface area (Å²) in [6.45, 7) is 5.82. The molecule has 0 aromatic heterocycles. The first-order valence-corrected chi connectivity index (χ1v) is 12.9. The second kappa shape index (κ2) is 14.1. The number of hydrogen-bond acceptors (Lipinski definition) is 8. The van der Waals surface area contributed by atoms with Gasteiger partial charge in [0.25, 0.3) is 11.8 Å². The SMILES string of the molecule is CCOc1cc(C(Nc2ccc(C(=N)N)cc2)C(=O)NNC(=O)c2cccc(OC(=O)C(F)(F)F)c2)ccc1OC(C)C. The number of hydrogen-bond donors (Lipinski definition) is 5. The molecule has 2 amide bonds. The van der Waals surface area contributed by atoms with Crippen LogP contribution in [0.3, 0.4) is 0 Å². The van der Waals surface area contributed by atoms with Gasteiger partial charge in [-0.2, -0.15) is 13.2 Å². The minimum atomic E-state index is -5.22. The molecule has 0 bridgehead atoms. The number of esters is 1. The lowest BCUT2D eigenvalue weighted by molar-refractivity contribution is -0.189. The van der Waals surface area contributed by atoms with Crippen molar-refractivity contribution in [1.29, 1.82) is 5.41 Å². The standard InChI is InChI=1S/C29H30F3N5O6/c1-4-41-23-15-18(10-13-22(23)42-16(2)3)24(35-20-11-8-17(9-12-20)25(33)34)27(39)37-36-26(38)19-6-5-7-21(14-19)43-28(40)29(30,31)32/h5-16,24,35H,4H2,1-3H3,(H3,33,34)(H,36,38)(H,37,39). The number of hydrazine groups is 1. The highest BCUT2D eigenvalue weighted by atomic mass is 19.4. The van der Waals surface area contributed by atoms with Crippen molar-refractivity contribution in [2.24, 2.45) is 5.73 Å². The Hall–Kier alpha value is -5.27. The van der Waals surface area contributed by atoms with Crippen molar-refractivity contribution in [3.63, 3.8) is 0 Å². The van der Waals surface area contributed by atoms with E-state index in [9.17, 15) is 27.6 Å². The van der Waals surface area contributed by atoms with Crippen molar-refractivity contribution in [2.75, 3.05) is 11.9 Å². The fourth-order valence-electron chi connectivity index (χ4n) is 3.67. The Bertz CT molecular complexity index is 1480. The number of halogens is 3. The van der Waals surface area contributed by atoms with Gasteiger partial charge in [-0.3, -0.25) is 25.8 Å². The Labute approximate surface area is 245 Å². The molecule has 1 unspecified atom stereocenters. The van der Waals surface area contributed by atoms with E-state index in [4.69, 9.17) is 20.6 Å². The molecule has 0 saturated heterocycles. The molecule has 0 fully saturated rings. The minimum absolute atomic E-state index is 0.136. The molecule has 3 aromatic carbocycles. The van der Waals surface area contributed by atoms with E-state index in [2.05, 4.69) is 20.9 Å². The summed E-state index contributed by atoms with van der Waals surface area (Å²) in [6.07, 6.45) is -5.37. The highest BCUT2D eigenvalue weighted by Crippen LogP contribution is 2.33. The zero-order valence-corrected chi connectivity index (χ0v) is 23.4. The Morgan fingerprint density at radius 1 is 0.930 bits per heavy atom. The number of anilines is 1. The van der Waals surface area contributed by atoms with Gasteiger partial charge in [-0.25, -0.2) is 4.79 Å². The van der Waals surface area contributed by atoms with E-state index < -0.39 is 35.8 Å². The monoisotopic (exact) mass is 601 g/mol. The second-order valence-electron chi connectivity index (χ2n) is 9.23. The van der Waals surface area contributed by atoms with E-state index in [0.717, 1.165) is 12.1 Å². The van der Waals surface area contributed by atoms with Gasteiger partial charge in [0, 0.05) is 16.8 Å². The molecule has 0 aliphatic rings. The van der Waals surface area contributed by atoms with Crippen LogP contribution in [0.4, 0.5) is 18.9 Å². The van der Waals surface area contributed by atoms with E-state index in [-0.39, 0.29) is 17.5 Å². The van der Waals surface area contributed by atoms with Crippen LogP contribution < -0.4 is 36.1 Å². The first kappa shape index (κ1) is 32.2. The van der Waals surface area contributed by atoms with Crippen LogP contribution in [0.25, 0.3) is 0 Å². The quantitative estimate of drug-likeness (QED) is 0.0716. The van der Waals surface area contributed by atoms with Crippen molar-refractivity contribution in [1.82, 2.24) is 10.9 Å². The molecular weight excluding hydrogens is 571 g/mol. The first-order chi connectivity index (χ1) is 20.3. The lowest BCUT2D eigenvalue weighted by atomic mass is 10.0. The summed E-state index contributed by atoms with van der Waals surface area (Å²) >= 11 is 0. The molecule has 3 aromatic rings. The van der Waals surface area contributed by atoms with Crippen LogP contribution >= 0.6 is 0 Å². The molecule has 43 heavy (non-hydrogen) atoms. The normalized spacial score (nSPS) is 11.7. The largest absolute Gasteiger partial charge is 0.491 e. The van der Waals surface area contributed by atoms with E-state index in [1.54, 1.807) is 49.4 Å². The smallest absolute Gasteiger partial charge is 0.490 e. The summed E-state index contributed by atoms with van der Waals surface area (Å²) in [5.74, 6) is -3.86. The number of rotatable bonds is 11. The van der Waals surface area contributed by atoms with Crippen molar-refractivity contribution in [3.8, 4) is 17.2 Å². The fourth-order valence-corrected chi connectivity index (χ4v) is 3.67. The van der Waals surface area contributed by atoms with Crippen molar-refractivity contribution < 1.29 is 41.8 Å². The number of amidine groups is 1. The molecule has 0 spiro atoms. The maximum atomic E-state index is 13.4. The number of carbonyl (C=O) groups is 3. The number of nitrogens with two attached hydrogens (primary N) is 1. The second-order valence-corrected chi connectivity index (χ2v) is 9.23. The first-order valence-electron chi connectivity index (χ1n) is 12.9. The number of benzene rings is 3. The number of amides is 2. The van der Waals surface area contributed by atoms with E-state index in [1.807, 2.05) is 13.8 Å². The minimum Gasteiger partial charge on any atom is -0.490 e. The number of carbonyl (C=O) groups excluding carboxylic acids is 3. The van der Waals surface area contributed by atoms with Crippen LogP contribution in [0.5, 0.6) is 17.2 Å². The average Bonchev–Trinajstić information content (AvgIpc) is 2.95. The van der Waals surface area contributed by atoms with Gasteiger partial charge in [0.2, 0.25) is 0 Å². The molecule has 11 nitrogen and oxygen atoms in total. The predicted molar refractivity (Wildman–Crippen MR) is 151 cm³/mol. The number of nitrogen functional groups attached to an aromatic ring is 1. The van der Waals surface area contributed by atoms with E-state index in [0.29, 0.717) is 34.9 Å². The molecule has 6 N–H and O–H groups in total. The van der Waals surface area contributed by atoms with E-state index in [1.165, 1.54) is 12.1 Å². The third kappa shape index (κ3) is 9.11. The Balaban J connectivity index is 1.85. The Kier molecular flexibility index (Phi) is 10.6. The van der Waals surface area contributed by atoms with Gasteiger partial charge in [-0.05, 0) is 80.9 Å². The highest BCUT2D eigenvalue weighted by Gasteiger charge is 2.41. The van der Waals surface area contributed by atoms with Crippen LogP contribution in [0.1, 0.15) is 48.3 Å². The molecule has 1 atom stereocenters. The third-order valence-electron chi connectivity index (χ3n) is 5.57. The maximum absolute atomic E-state index is 13.4. The van der Waals surface area contributed by atoms with E-state index >= 15 is 0 Å². The van der Waals surface area contributed by atoms with Crippen molar-refractivity contribution in [2.45, 2.75) is 39.1 Å². The van der Waals surface area contributed by atoms with Crippen LogP contribution in [-0.2, 0) is 9.59 Å². The topological polar surface area (TPSA) is 165 Å². The number of alkyl halides is 3. The highest BCUT2D eigenvalue weighted by molar-refractivity contribution is 5.97. The summed E-state index contributed by atoms with van der Waals surface area (Å²) in [5.41, 5.74) is 11.2. The van der Waals surface area contributed by atoms with Crippen molar-refractivity contribution >= 4 is 29.3 Å². The van der Waals surface area contributed by atoms with Gasteiger partial charge in [0.05, 0.1) is 12.7 Å². The van der Waals surface area contributed by atoms with Gasteiger partial charge in [-0.15, -0.1) is 0 Å². The van der Waals surface area contributed by atoms with Gasteiger partial charge < -0.3 is 25.3 Å². The molecule has 228 valence electrons. The molecule has 0 radical (unpaired) electrons. The van der Waals surface area contributed by atoms with Crippen LogP contribution in [0, 0.1) is 5.41 Å². The molecule has 0 heterocycles. The summed E-state index contributed by atoms with van der Waals surface area (Å²) in [4.78, 5) is 37.3. The molecule has 14 heteroatoms. The lowest BCUT2D eigenvalue weighted by Gasteiger charge is -2.22. The summed E-state index contributed by atoms with van der Waals surface area (Å²) < 4.78 is 53.4. The lowest BCUT2D eigenvalue weighted by Crippen LogP contribution is -2.45. The summed E-state index contributed by atoms with van der Waals surface area (Å²) in [7, 11) is 0. The fraction of sp³-hybridized carbons (Fsp3) is 0.241. The summed E-state index contributed by atoms with van der Waals surface area (Å²) in [6, 6.07) is 14.6. The van der Waals surface area contributed by atoms with Gasteiger partial charge in [-0.1, -0.05) is 12.1 Å². The predicted octanol–water partition coefficient (Wildman–Crippen LogP) is 4.24. The van der Waals surface area contributed by atoms with Gasteiger partial charge >= 0.3 is 12.1 Å². The van der Waals surface area contributed by atoms with Gasteiger partial charge in [0.15, 0.2) is 11.5 Å². The van der Waals surface area contributed by atoms with Crippen LogP contribution in [0.15, 0.2) is 66.7 Å². The zero-order valence-electron chi connectivity index (χ0n) is 23.4. The van der Waals surface area contributed by atoms with Crippen LogP contribution in [-0.4, -0.2) is 42.5 Å².